The van der Waals surface area contributed by atoms with Crippen molar-refractivity contribution in [3.05, 3.63) is 0 Å². The largest absolute Gasteiger partial charge is 0.378 e. The van der Waals surface area contributed by atoms with Crippen molar-refractivity contribution in [2.24, 2.45) is 0 Å². The molecule has 1 heterocycles. The van der Waals surface area contributed by atoms with Gasteiger partial charge in [-0.05, 0) is 13.8 Å². The number of aliphatic hydroxyl groups excluding tert-OH is 1. The summed E-state index contributed by atoms with van der Waals surface area (Å²) in [5.41, 5.74) is 0. The van der Waals surface area contributed by atoms with E-state index in [2.05, 4.69) is 5.92 Å². The summed E-state index contributed by atoms with van der Waals surface area (Å²) in [6.07, 6.45) is 3.47. The van der Waals surface area contributed by atoms with Gasteiger partial charge in [-0.25, -0.2) is 0 Å². The molecule has 1 aliphatic rings. The number of rotatable bonds is 3. The van der Waals surface area contributed by atoms with Crippen molar-refractivity contribution in [1.82, 2.24) is 0 Å². The minimum Gasteiger partial charge on any atom is -0.378 e. The number of methoxy groups -OCH3 is 2. The fourth-order valence-corrected chi connectivity index (χ4v) is 1.54. The van der Waals surface area contributed by atoms with Crippen LogP contribution in [-0.4, -0.2) is 49.7 Å². The second kappa shape index (κ2) is 4.70. The van der Waals surface area contributed by atoms with Crippen LogP contribution < -0.4 is 0 Å². The summed E-state index contributed by atoms with van der Waals surface area (Å²) in [4.78, 5) is 0. The van der Waals surface area contributed by atoms with Crippen LogP contribution in [0, 0.1) is 12.3 Å². The molecule has 5 nitrogen and oxygen atoms in total. The summed E-state index contributed by atoms with van der Waals surface area (Å²) in [5.74, 6) is 0.0384. The van der Waals surface area contributed by atoms with E-state index in [1.54, 1.807) is 13.8 Å². The Morgan fingerprint density at radius 2 is 1.94 bits per heavy atom. The van der Waals surface area contributed by atoms with E-state index in [-0.39, 0.29) is 6.61 Å². The molecule has 0 spiro atoms. The Morgan fingerprint density at radius 1 is 1.38 bits per heavy atom. The normalized spacial score (nSPS) is 41.4. The van der Waals surface area contributed by atoms with Crippen molar-refractivity contribution < 1.29 is 24.1 Å². The monoisotopic (exact) mass is 230 g/mol. The molecule has 16 heavy (non-hydrogen) atoms. The first kappa shape index (κ1) is 13.4. The van der Waals surface area contributed by atoms with Crippen LogP contribution in [0.2, 0.25) is 0 Å². The fourth-order valence-electron chi connectivity index (χ4n) is 1.54. The van der Waals surface area contributed by atoms with Gasteiger partial charge in [0.05, 0.1) is 6.61 Å². The molecule has 1 fully saturated rings. The highest BCUT2D eigenvalue weighted by atomic mass is 16.8. The van der Waals surface area contributed by atoms with Gasteiger partial charge in [0.25, 0.3) is 0 Å². The molecule has 0 aromatic heterocycles. The summed E-state index contributed by atoms with van der Waals surface area (Å²) < 4.78 is 21.6. The number of hydrogen-bond donors (Lipinski definition) is 1. The first-order chi connectivity index (χ1) is 7.42. The van der Waals surface area contributed by atoms with Gasteiger partial charge in [0, 0.05) is 14.2 Å². The molecule has 0 saturated carbocycles. The van der Waals surface area contributed by atoms with Gasteiger partial charge in [0.2, 0.25) is 11.6 Å². The van der Waals surface area contributed by atoms with Crippen molar-refractivity contribution in [3.63, 3.8) is 0 Å². The third-order valence-corrected chi connectivity index (χ3v) is 3.03. The number of aliphatic hydroxyl groups is 1. The zero-order valence-corrected chi connectivity index (χ0v) is 10.0. The van der Waals surface area contributed by atoms with E-state index in [0.717, 1.165) is 0 Å². The van der Waals surface area contributed by atoms with Crippen LogP contribution in [-0.2, 0) is 18.9 Å². The molecule has 4 atom stereocenters. The Morgan fingerprint density at radius 3 is 2.38 bits per heavy atom. The predicted octanol–water partition coefficient (Wildman–Crippen LogP) is 0.121. The third-order valence-electron chi connectivity index (χ3n) is 3.03. The lowest BCUT2D eigenvalue weighted by Crippen LogP contribution is -2.63. The van der Waals surface area contributed by atoms with Crippen molar-refractivity contribution in [3.8, 4) is 12.3 Å². The Kier molecular flexibility index (Phi) is 3.94. The summed E-state index contributed by atoms with van der Waals surface area (Å²) >= 11 is 0. The Hall–Kier alpha value is -0.640. The Labute approximate surface area is 95.6 Å². The molecule has 1 N–H and O–H groups in total. The SMILES string of the molecule is C#C[C@@H](O)[C@@H]1CO[C@@](C)(OC)[C@](C)(OC)O1. The van der Waals surface area contributed by atoms with E-state index in [0.29, 0.717) is 0 Å². The molecule has 92 valence electrons. The van der Waals surface area contributed by atoms with Gasteiger partial charge >= 0.3 is 0 Å². The predicted molar refractivity (Wildman–Crippen MR) is 56.5 cm³/mol. The van der Waals surface area contributed by atoms with Gasteiger partial charge in [-0.3, -0.25) is 0 Å². The van der Waals surface area contributed by atoms with Crippen molar-refractivity contribution in [2.45, 2.75) is 37.6 Å². The first-order valence-corrected chi connectivity index (χ1v) is 4.98. The third kappa shape index (κ3) is 2.08. The van der Waals surface area contributed by atoms with Crippen molar-refractivity contribution in [1.29, 1.82) is 0 Å². The maximum Gasteiger partial charge on any atom is 0.220 e. The van der Waals surface area contributed by atoms with Crippen LogP contribution in [0.25, 0.3) is 0 Å². The first-order valence-electron chi connectivity index (χ1n) is 4.98. The molecule has 0 unspecified atom stereocenters. The van der Waals surface area contributed by atoms with Gasteiger partial charge < -0.3 is 24.1 Å². The molecular weight excluding hydrogens is 212 g/mol. The summed E-state index contributed by atoms with van der Waals surface area (Å²) in [5, 5.41) is 9.52. The zero-order valence-electron chi connectivity index (χ0n) is 10.0. The lowest BCUT2D eigenvalue weighted by molar-refractivity contribution is -0.435. The summed E-state index contributed by atoms with van der Waals surface area (Å²) in [6, 6.07) is 0. The van der Waals surface area contributed by atoms with E-state index < -0.39 is 23.8 Å². The molecule has 1 aliphatic heterocycles. The van der Waals surface area contributed by atoms with E-state index in [4.69, 9.17) is 25.4 Å². The Balaban J connectivity index is 2.87. The topological polar surface area (TPSA) is 57.2 Å². The Bertz CT molecular complexity index is 287. The highest BCUT2D eigenvalue weighted by Crippen LogP contribution is 2.36. The van der Waals surface area contributed by atoms with Gasteiger partial charge in [-0.15, -0.1) is 6.42 Å². The number of terminal acetylenes is 1. The zero-order chi connectivity index (χ0) is 12.4. The van der Waals surface area contributed by atoms with Crippen LogP contribution >= 0.6 is 0 Å². The molecule has 0 aromatic carbocycles. The lowest BCUT2D eigenvalue weighted by atomic mass is 10.1. The molecule has 0 bridgehead atoms. The molecular formula is C11H18O5. The van der Waals surface area contributed by atoms with Gasteiger partial charge in [0.1, 0.15) is 12.2 Å². The van der Waals surface area contributed by atoms with Crippen LogP contribution in [0.15, 0.2) is 0 Å². The van der Waals surface area contributed by atoms with Gasteiger partial charge in [0.15, 0.2) is 0 Å². The second-order valence-electron chi connectivity index (χ2n) is 3.88. The van der Waals surface area contributed by atoms with Crippen LogP contribution in [0.3, 0.4) is 0 Å². The van der Waals surface area contributed by atoms with Crippen molar-refractivity contribution >= 4 is 0 Å². The molecule has 1 rings (SSSR count). The minimum atomic E-state index is -1.12. The molecule has 0 aliphatic carbocycles. The van der Waals surface area contributed by atoms with Gasteiger partial charge in [-0.2, -0.15) is 0 Å². The van der Waals surface area contributed by atoms with E-state index >= 15 is 0 Å². The smallest absolute Gasteiger partial charge is 0.220 e. The molecule has 1 saturated heterocycles. The summed E-state index contributed by atoms with van der Waals surface area (Å²) in [6.45, 7) is 3.52. The summed E-state index contributed by atoms with van der Waals surface area (Å²) in [7, 11) is 2.98. The molecule has 5 heteroatoms. The average molecular weight is 230 g/mol. The maximum atomic E-state index is 9.52. The quantitative estimate of drug-likeness (QED) is 0.698. The lowest BCUT2D eigenvalue weighted by Gasteiger charge is -2.49. The highest BCUT2D eigenvalue weighted by molar-refractivity contribution is 5.00. The minimum absolute atomic E-state index is 0.147. The van der Waals surface area contributed by atoms with Gasteiger partial charge in [-0.1, -0.05) is 5.92 Å². The van der Waals surface area contributed by atoms with E-state index in [1.165, 1.54) is 14.2 Å². The maximum absolute atomic E-state index is 9.52. The van der Waals surface area contributed by atoms with E-state index in [9.17, 15) is 5.11 Å². The number of ether oxygens (including phenoxy) is 4. The standard InChI is InChI=1S/C11H18O5/c1-6-8(12)9-7-15-10(2,13-4)11(3,14-5)16-9/h1,8-9,12H,7H2,2-5H3/t8-,9+,10-,11-/m1/s1. The average Bonchev–Trinajstić information content (AvgIpc) is 2.31. The van der Waals surface area contributed by atoms with Crippen LogP contribution in [0.1, 0.15) is 13.8 Å². The molecule has 0 radical (unpaired) electrons. The van der Waals surface area contributed by atoms with E-state index in [1.807, 2.05) is 0 Å². The molecule has 0 amide bonds. The second-order valence-corrected chi connectivity index (χ2v) is 3.88. The van der Waals surface area contributed by atoms with Crippen molar-refractivity contribution in [2.75, 3.05) is 20.8 Å². The van der Waals surface area contributed by atoms with Crippen LogP contribution in [0.5, 0.6) is 0 Å². The highest BCUT2D eigenvalue weighted by Gasteiger charge is 2.54. The van der Waals surface area contributed by atoms with Crippen LogP contribution in [0.4, 0.5) is 0 Å². The fraction of sp³-hybridized carbons (Fsp3) is 0.818. The molecule has 0 aromatic rings. The number of hydrogen-bond acceptors (Lipinski definition) is 5.